The van der Waals surface area contributed by atoms with E-state index in [0.29, 0.717) is 18.8 Å². The smallest absolute Gasteiger partial charge is 0.328 e. The lowest BCUT2D eigenvalue weighted by Crippen LogP contribution is -2.52. The van der Waals surface area contributed by atoms with Crippen LogP contribution in [0.1, 0.15) is 15.9 Å². The largest absolute Gasteiger partial charge is 0.489 e. The van der Waals surface area contributed by atoms with E-state index in [0.717, 1.165) is 11.3 Å². The Bertz CT molecular complexity index is 729. The van der Waals surface area contributed by atoms with Crippen molar-refractivity contribution in [2.75, 3.05) is 19.8 Å². The number of benzene rings is 2. The molecule has 2 aromatic rings. The summed E-state index contributed by atoms with van der Waals surface area (Å²) in [5.41, 5.74) is 1.38. The fourth-order valence-corrected chi connectivity index (χ4v) is 2.64. The van der Waals surface area contributed by atoms with E-state index in [4.69, 9.17) is 9.47 Å². The number of rotatable bonds is 5. The van der Waals surface area contributed by atoms with Crippen LogP contribution in [-0.4, -0.2) is 47.7 Å². The van der Waals surface area contributed by atoms with E-state index in [1.54, 1.807) is 12.1 Å². The molecule has 0 unspecified atom stereocenters. The molecule has 1 N–H and O–H groups in total. The van der Waals surface area contributed by atoms with Gasteiger partial charge in [-0.2, -0.15) is 0 Å². The van der Waals surface area contributed by atoms with Crippen LogP contribution in [0, 0.1) is 0 Å². The maximum absolute atomic E-state index is 12.6. The quantitative estimate of drug-likeness (QED) is 0.902. The lowest BCUT2D eigenvalue weighted by Gasteiger charge is -2.32. The zero-order valence-corrected chi connectivity index (χ0v) is 13.6. The lowest BCUT2D eigenvalue weighted by atomic mass is 10.1. The molecular formula is C19H19NO5. The molecule has 1 fully saturated rings. The molecule has 1 aliphatic rings. The van der Waals surface area contributed by atoms with E-state index in [1.165, 1.54) is 4.90 Å². The zero-order chi connectivity index (χ0) is 17.6. The van der Waals surface area contributed by atoms with E-state index in [1.807, 2.05) is 42.5 Å². The minimum atomic E-state index is -1.05. The van der Waals surface area contributed by atoms with Crippen LogP contribution in [-0.2, 0) is 16.1 Å². The summed E-state index contributed by atoms with van der Waals surface area (Å²) in [5, 5.41) is 9.24. The number of ether oxygens (including phenoxy) is 2. The van der Waals surface area contributed by atoms with Crippen LogP contribution in [0.2, 0.25) is 0 Å². The van der Waals surface area contributed by atoms with Gasteiger partial charge >= 0.3 is 5.97 Å². The Morgan fingerprint density at radius 2 is 1.84 bits per heavy atom. The van der Waals surface area contributed by atoms with Gasteiger partial charge in [-0.3, -0.25) is 4.79 Å². The third kappa shape index (κ3) is 4.16. The van der Waals surface area contributed by atoms with E-state index in [2.05, 4.69) is 0 Å². The Hall–Kier alpha value is -2.86. The molecule has 0 aromatic heterocycles. The van der Waals surface area contributed by atoms with Gasteiger partial charge in [0.1, 0.15) is 12.4 Å². The van der Waals surface area contributed by atoms with Crippen LogP contribution in [0.3, 0.4) is 0 Å². The summed E-state index contributed by atoms with van der Waals surface area (Å²) in [6.45, 7) is 1.03. The number of carbonyl (C=O) groups is 2. The second kappa shape index (κ2) is 7.81. The number of carboxylic acid groups (broad SMARTS) is 1. The third-order valence-electron chi connectivity index (χ3n) is 4.02. The third-order valence-corrected chi connectivity index (χ3v) is 4.02. The van der Waals surface area contributed by atoms with Gasteiger partial charge in [-0.25, -0.2) is 4.79 Å². The Kier molecular flexibility index (Phi) is 5.30. The number of carboxylic acids is 1. The SMILES string of the molecule is O=C(O)[C@H]1COCCN1C(=O)c1ccc(COc2ccccc2)cc1. The van der Waals surface area contributed by atoms with Gasteiger partial charge in [0.05, 0.1) is 13.2 Å². The molecule has 1 heterocycles. The van der Waals surface area contributed by atoms with Gasteiger partial charge in [-0.1, -0.05) is 30.3 Å². The van der Waals surface area contributed by atoms with Crippen LogP contribution in [0.15, 0.2) is 54.6 Å². The van der Waals surface area contributed by atoms with Crippen molar-refractivity contribution in [1.29, 1.82) is 0 Å². The van der Waals surface area contributed by atoms with Gasteiger partial charge < -0.3 is 19.5 Å². The summed E-state index contributed by atoms with van der Waals surface area (Å²) in [4.78, 5) is 25.2. The van der Waals surface area contributed by atoms with Crippen molar-refractivity contribution >= 4 is 11.9 Å². The summed E-state index contributed by atoms with van der Waals surface area (Å²) in [6.07, 6.45) is 0. The molecule has 1 atom stereocenters. The fourth-order valence-electron chi connectivity index (χ4n) is 2.64. The molecule has 6 nitrogen and oxygen atoms in total. The standard InChI is InChI=1S/C19H19NO5/c21-18(20-10-11-24-13-17(20)19(22)23)15-8-6-14(7-9-15)12-25-16-4-2-1-3-5-16/h1-9,17H,10-13H2,(H,22,23)/t17-/m1/s1. The molecule has 1 amide bonds. The minimum Gasteiger partial charge on any atom is -0.489 e. The first-order valence-corrected chi connectivity index (χ1v) is 8.03. The van der Waals surface area contributed by atoms with Crippen molar-refractivity contribution in [2.45, 2.75) is 12.6 Å². The number of morpholine rings is 1. The van der Waals surface area contributed by atoms with Gasteiger partial charge in [0.2, 0.25) is 0 Å². The zero-order valence-electron chi connectivity index (χ0n) is 13.6. The number of para-hydroxylation sites is 1. The number of hydrogen-bond donors (Lipinski definition) is 1. The molecule has 0 bridgehead atoms. The van der Waals surface area contributed by atoms with Gasteiger partial charge in [0, 0.05) is 12.1 Å². The minimum absolute atomic E-state index is 0.0179. The molecule has 2 aromatic carbocycles. The monoisotopic (exact) mass is 341 g/mol. The van der Waals surface area contributed by atoms with E-state index in [9.17, 15) is 14.7 Å². The Balaban J connectivity index is 1.65. The molecule has 6 heteroatoms. The summed E-state index contributed by atoms with van der Waals surface area (Å²) < 4.78 is 10.8. The molecule has 25 heavy (non-hydrogen) atoms. The summed E-state index contributed by atoms with van der Waals surface area (Å²) >= 11 is 0. The molecular weight excluding hydrogens is 322 g/mol. The van der Waals surface area contributed by atoms with Gasteiger partial charge in [0.15, 0.2) is 6.04 Å². The van der Waals surface area contributed by atoms with Gasteiger partial charge in [-0.15, -0.1) is 0 Å². The maximum Gasteiger partial charge on any atom is 0.328 e. The summed E-state index contributed by atoms with van der Waals surface area (Å²) in [7, 11) is 0. The highest BCUT2D eigenvalue weighted by molar-refractivity contribution is 5.96. The number of aliphatic carboxylic acids is 1. The molecule has 130 valence electrons. The Morgan fingerprint density at radius 1 is 1.12 bits per heavy atom. The normalized spacial score (nSPS) is 17.1. The first-order valence-electron chi connectivity index (χ1n) is 8.03. The lowest BCUT2D eigenvalue weighted by molar-refractivity contribution is -0.147. The van der Waals surface area contributed by atoms with Crippen molar-refractivity contribution in [3.8, 4) is 5.75 Å². The Labute approximate surface area is 145 Å². The number of amides is 1. The van der Waals surface area contributed by atoms with Crippen LogP contribution in [0.4, 0.5) is 0 Å². The van der Waals surface area contributed by atoms with Crippen LogP contribution < -0.4 is 4.74 Å². The van der Waals surface area contributed by atoms with Crippen molar-refractivity contribution in [1.82, 2.24) is 4.90 Å². The molecule has 0 saturated carbocycles. The summed E-state index contributed by atoms with van der Waals surface area (Å²) in [5.74, 6) is -0.576. The predicted octanol–water partition coefficient (Wildman–Crippen LogP) is 2.19. The van der Waals surface area contributed by atoms with Gasteiger partial charge in [0.25, 0.3) is 5.91 Å². The molecule has 1 aliphatic heterocycles. The molecule has 0 spiro atoms. The maximum atomic E-state index is 12.6. The van der Waals surface area contributed by atoms with E-state index in [-0.39, 0.29) is 19.1 Å². The fraction of sp³-hybridized carbons (Fsp3) is 0.263. The first kappa shape index (κ1) is 17.0. The highest BCUT2D eigenvalue weighted by Gasteiger charge is 2.33. The highest BCUT2D eigenvalue weighted by Crippen LogP contribution is 2.15. The van der Waals surface area contributed by atoms with Crippen LogP contribution in [0.5, 0.6) is 5.75 Å². The van der Waals surface area contributed by atoms with Crippen molar-refractivity contribution in [3.05, 3.63) is 65.7 Å². The summed E-state index contributed by atoms with van der Waals surface area (Å²) in [6, 6.07) is 15.5. The number of carbonyl (C=O) groups excluding carboxylic acids is 1. The Morgan fingerprint density at radius 3 is 2.52 bits per heavy atom. The highest BCUT2D eigenvalue weighted by atomic mass is 16.5. The number of nitrogens with zero attached hydrogens (tertiary/aromatic N) is 1. The van der Waals surface area contributed by atoms with Gasteiger partial charge in [-0.05, 0) is 29.8 Å². The van der Waals surface area contributed by atoms with Crippen molar-refractivity contribution < 1.29 is 24.2 Å². The molecule has 1 saturated heterocycles. The number of hydrogen-bond acceptors (Lipinski definition) is 4. The van der Waals surface area contributed by atoms with Crippen LogP contribution in [0.25, 0.3) is 0 Å². The molecule has 3 rings (SSSR count). The van der Waals surface area contributed by atoms with E-state index < -0.39 is 12.0 Å². The topological polar surface area (TPSA) is 76.1 Å². The molecule has 0 radical (unpaired) electrons. The second-order valence-electron chi connectivity index (χ2n) is 5.73. The van der Waals surface area contributed by atoms with E-state index >= 15 is 0 Å². The average Bonchev–Trinajstić information content (AvgIpc) is 2.67. The van der Waals surface area contributed by atoms with Crippen molar-refractivity contribution in [2.24, 2.45) is 0 Å². The molecule has 0 aliphatic carbocycles. The van der Waals surface area contributed by atoms with Crippen molar-refractivity contribution in [3.63, 3.8) is 0 Å². The second-order valence-corrected chi connectivity index (χ2v) is 5.73. The first-order chi connectivity index (χ1) is 12.1. The predicted molar refractivity (Wildman–Crippen MR) is 90.5 cm³/mol. The average molecular weight is 341 g/mol. The van der Waals surface area contributed by atoms with Crippen LogP contribution >= 0.6 is 0 Å².